The number of β-amino-alcohol motifs (C(OH)–C–C–N with tert-alkyl or cyclic N) is 1. The van der Waals surface area contributed by atoms with Gasteiger partial charge in [-0.3, -0.25) is 9.59 Å². The Hall–Kier alpha value is -3.38. The molecule has 10 nitrogen and oxygen atoms in total. The number of aromatic hydroxyl groups is 1. The number of hydrogen-bond acceptors (Lipinski definition) is 10. The van der Waals surface area contributed by atoms with Gasteiger partial charge >= 0.3 is 0 Å². The molecule has 0 aromatic heterocycles. The number of aliphatic hydroxyl groups is 3. The van der Waals surface area contributed by atoms with E-state index in [9.17, 15) is 20.4 Å². The Bertz CT molecular complexity index is 2590. The molecule has 8 N–H and O–H groups in total. The van der Waals surface area contributed by atoms with Gasteiger partial charge in [0, 0.05) is 48.7 Å². The molecule has 74 heavy (non-hydrogen) atoms. The van der Waals surface area contributed by atoms with Crippen LogP contribution in [0.3, 0.4) is 0 Å². The second kappa shape index (κ2) is 18.6. The number of anilines is 1. The average molecular weight is 1010 g/mol. The number of allylic oxidation sites excluding steroid dienone is 4. The lowest BCUT2D eigenvalue weighted by Crippen LogP contribution is -2.73. The molecule has 7 fully saturated rings. The number of nitrogens with two attached hydrogens (primary N) is 1. The number of nitrogen functional groups attached to an aromatic ring is 1. The van der Waals surface area contributed by atoms with Crippen molar-refractivity contribution in [3.8, 4) is 5.75 Å². The molecule has 19 unspecified atom stereocenters. The Kier molecular flexibility index (Phi) is 12.9. The summed E-state index contributed by atoms with van der Waals surface area (Å²) in [5.74, 6) is 1.68. The molecule has 2 heterocycles. The number of fused-ring (bicyclic) bond motifs is 3. The monoisotopic (exact) mass is 1010 g/mol. The summed E-state index contributed by atoms with van der Waals surface area (Å²) in [6.07, 6.45) is 20.4. The van der Waals surface area contributed by atoms with Gasteiger partial charge in [0.05, 0.1) is 23.2 Å². The Labute approximate surface area is 441 Å². The number of ketones is 2. The average Bonchev–Trinajstić information content (AvgIpc) is 3.96. The second-order valence-corrected chi connectivity index (χ2v) is 27.6. The smallest absolute Gasteiger partial charge is 0.160 e. The molecule has 2 spiro atoms. The van der Waals surface area contributed by atoms with E-state index in [-0.39, 0.29) is 82.5 Å². The van der Waals surface area contributed by atoms with E-state index in [2.05, 4.69) is 67.8 Å². The van der Waals surface area contributed by atoms with Crippen LogP contribution >= 0.6 is 0 Å². The number of phenols is 1. The summed E-state index contributed by atoms with van der Waals surface area (Å²) >= 11 is 0. The highest BCUT2D eigenvalue weighted by Gasteiger charge is 2.76. The first-order valence-electron chi connectivity index (χ1n) is 29.6. The van der Waals surface area contributed by atoms with Crippen LogP contribution in [0.15, 0.2) is 65.8 Å². The van der Waals surface area contributed by atoms with Crippen LogP contribution in [0.5, 0.6) is 5.75 Å². The van der Waals surface area contributed by atoms with Crippen LogP contribution in [0.1, 0.15) is 178 Å². The van der Waals surface area contributed by atoms with Crippen molar-refractivity contribution < 1.29 is 34.8 Å². The second-order valence-electron chi connectivity index (χ2n) is 27.6. The highest BCUT2D eigenvalue weighted by Crippen LogP contribution is 2.79. The van der Waals surface area contributed by atoms with Crippen LogP contribution in [0.4, 0.5) is 5.69 Å². The zero-order chi connectivity index (χ0) is 51.7. The number of rotatable bonds is 9. The SMILES string of the molecule is CNCc1cc(O)cc(C2C(=O)C34CC=CC2C2(C)C3C(CC35CCCC6CCC(CO)CC6C(CC(O)C6OC6(C)C6CCCC6c6cccc(N)c6)C6=C(CCC23)C5(C)CC6=O)NCC(C)(O)CCCC4)c1. The summed E-state index contributed by atoms with van der Waals surface area (Å²) < 4.78 is 6.79. The number of phenolic OH excluding ortho intramolecular Hbond substituents is 1. The maximum Gasteiger partial charge on any atom is 0.160 e. The van der Waals surface area contributed by atoms with Crippen LogP contribution in [-0.2, 0) is 20.9 Å². The molecule has 402 valence electrons. The van der Waals surface area contributed by atoms with Gasteiger partial charge in [-0.15, -0.1) is 0 Å². The van der Waals surface area contributed by atoms with Crippen LogP contribution in [0.25, 0.3) is 0 Å². The van der Waals surface area contributed by atoms with Gasteiger partial charge in [0.15, 0.2) is 5.78 Å². The maximum absolute atomic E-state index is 16.1. The lowest BCUT2D eigenvalue weighted by molar-refractivity contribution is -0.219. The molecule has 0 amide bonds. The fourth-order valence-corrected chi connectivity index (χ4v) is 20.9. The van der Waals surface area contributed by atoms with Crippen LogP contribution in [-0.4, -0.2) is 81.6 Å². The zero-order valence-corrected chi connectivity index (χ0v) is 45.3. The van der Waals surface area contributed by atoms with Crippen molar-refractivity contribution in [2.75, 3.05) is 25.9 Å². The van der Waals surface area contributed by atoms with Crippen molar-refractivity contribution in [3.63, 3.8) is 0 Å². The van der Waals surface area contributed by atoms with E-state index < -0.39 is 34.1 Å². The van der Waals surface area contributed by atoms with Crippen LogP contribution in [0, 0.1) is 69.0 Å². The third kappa shape index (κ3) is 7.80. The topological polar surface area (TPSA) is 178 Å². The Morgan fingerprint density at radius 3 is 2.55 bits per heavy atom. The van der Waals surface area contributed by atoms with Gasteiger partial charge in [-0.05, 0) is 215 Å². The molecule has 2 aliphatic heterocycles. The lowest BCUT2D eigenvalue weighted by Gasteiger charge is -2.73. The molecule has 2 aromatic carbocycles. The minimum Gasteiger partial charge on any atom is -0.508 e. The molecular formula is C64H89N3O7. The number of benzene rings is 2. The molecule has 0 radical (unpaired) electrons. The number of epoxide rings is 1. The minimum atomic E-state index is -0.893. The number of carbonyl (C=O) groups is 2. The van der Waals surface area contributed by atoms with Crippen LogP contribution < -0.4 is 16.4 Å². The van der Waals surface area contributed by atoms with Crippen molar-refractivity contribution in [1.82, 2.24) is 10.6 Å². The van der Waals surface area contributed by atoms with Crippen molar-refractivity contribution >= 4 is 17.3 Å². The van der Waals surface area contributed by atoms with Crippen molar-refractivity contribution in [2.45, 2.75) is 198 Å². The van der Waals surface area contributed by atoms with Crippen LogP contribution in [0.2, 0.25) is 0 Å². The Morgan fingerprint density at radius 2 is 1.76 bits per heavy atom. The van der Waals surface area contributed by atoms with Gasteiger partial charge in [0.1, 0.15) is 17.6 Å². The molecule has 19 atom stereocenters. The van der Waals surface area contributed by atoms with Gasteiger partial charge in [-0.25, -0.2) is 0 Å². The molecule has 6 bridgehead atoms. The first-order valence-corrected chi connectivity index (χ1v) is 29.6. The summed E-state index contributed by atoms with van der Waals surface area (Å²) in [6.45, 7) is 10.5. The number of nitrogens with one attached hydrogen (secondary N) is 2. The minimum absolute atomic E-state index is 0.0195. The zero-order valence-electron chi connectivity index (χ0n) is 45.3. The van der Waals surface area contributed by atoms with Gasteiger partial charge in [0.2, 0.25) is 0 Å². The lowest BCUT2D eigenvalue weighted by atomic mass is 9.31. The highest BCUT2D eigenvalue weighted by molar-refractivity contribution is 6.01. The Morgan fingerprint density at radius 1 is 0.932 bits per heavy atom. The van der Waals surface area contributed by atoms with Crippen molar-refractivity contribution in [2.24, 2.45) is 69.0 Å². The van der Waals surface area contributed by atoms with Crippen molar-refractivity contribution in [1.29, 1.82) is 0 Å². The van der Waals surface area contributed by atoms with E-state index in [0.717, 1.165) is 119 Å². The molecule has 13 rings (SSSR count). The van der Waals surface area contributed by atoms with Gasteiger partial charge in [-0.2, -0.15) is 0 Å². The number of carbonyl (C=O) groups excluding carboxylic acids is 2. The number of hydrogen-bond donors (Lipinski definition) is 7. The molecule has 2 aromatic rings. The summed E-state index contributed by atoms with van der Waals surface area (Å²) in [4.78, 5) is 32.0. The van der Waals surface area contributed by atoms with Gasteiger partial charge in [-0.1, -0.05) is 81.9 Å². The third-order valence-electron chi connectivity index (χ3n) is 23.8. The van der Waals surface area contributed by atoms with E-state index in [4.69, 9.17) is 10.5 Å². The first kappa shape index (κ1) is 51.4. The summed E-state index contributed by atoms with van der Waals surface area (Å²) in [5.41, 5.74) is 9.53. The number of ether oxygens (including phenoxy) is 1. The molecule has 11 aliphatic rings. The first-order chi connectivity index (χ1) is 35.4. The number of Topliss-reactive ketones (excluding diaryl/α,β-unsaturated/α-hetero) is 2. The van der Waals surface area contributed by atoms with E-state index >= 15 is 9.59 Å². The molecule has 10 heteroatoms. The normalized spacial score (nSPS) is 46.1. The van der Waals surface area contributed by atoms with Crippen molar-refractivity contribution in [3.05, 3.63) is 82.5 Å². The van der Waals surface area contributed by atoms with E-state index in [1.807, 2.05) is 32.2 Å². The standard InChI is InChI=1S/C64H89N3O7/c1-59(73)22-6-7-23-63-24-11-17-49(54(57(63)72)41-26-38(34-66-5)27-43(69)30-41)61(3)53-21-20-48-55-46(31-51(70)58-62(4,74-58)47-16-9-15-44(47)40-12-8-14-42(65)29-40)45-28-37(35-68)18-19-39(45)13-10-25-64(53,60(48,2)33-52(55)71)32-50(56(61)63)67-36-59/h8,11-12,14,17,26-27,29-30,37,39,44-47,49-51,53-54,56,58,66-70,73H,6-7,9-10,13,15-16,18-25,28,31-36,65H2,1-5H3. The van der Waals surface area contributed by atoms with Gasteiger partial charge in [0.25, 0.3) is 0 Å². The van der Waals surface area contributed by atoms with E-state index in [1.165, 1.54) is 11.1 Å². The maximum atomic E-state index is 16.1. The van der Waals surface area contributed by atoms with Gasteiger partial charge < -0.3 is 41.5 Å². The quantitative estimate of drug-likeness (QED) is 0.0727. The van der Waals surface area contributed by atoms with E-state index in [1.54, 1.807) is 0 Å². The molecular weight excluding hydrogens is 923 g/mol. The molecule has 9 aliphatic carbocycles. The summed E-state index contributed by atoms with van der Waals surface area (Å²) in [6, 6.07) is 14.1. The highest BCUT2D eigenvalue weighted by atomic mass is 16.6. The summed E-state index contributed by atoms with van der Waals surface area (Å²) in [5, 5.41) is 54.4. The largest absolute Gasteiger partial charge is 0.508 e. The fourth-order valence-electron chi connectivity index (χ4n) is 20.9. The fraction of sp³-hybridized carbons (Fsp3) is 0.719. The predicted octanol–water partition coefficient (Wildman–Crippen LogP) is 10.2. The molecule has 5 saturated carbocycles. The predicted molar refractivity (Wildman–Crippen MR) is 289 cm³/mol. The van der Waals surface area contributed by atoms with E-state index in [0.29, 0.717) is 56.4 Å². The molecule has 2 saturated heterocycles. The summed E-state index contributed by atoms with van der Waals surface area (Å²) in [7, 11) is 1.92. The third-order valence-corrected chi connectivity index (χ3v) is 23.8. The number of aliphatic hydroxyl groups excluding tert-OH is 2. The Balaban J connectivity index is 0.976.